The maximum atomic E-state index is 12.1. The number of rotatable bonds is 9. The predicted octanol–water partition coefficient (Wildman–Crippen LogP) is 3.39. The average molecular weight is 298 g/mol. The molecule has 0 amide bonds. The molecule has 0 bridgehead atoms. The van der Waals surface area contributed by atoms with E-state index in [0.29, 0.717) is 19.0 Å². The first kappa shape index (κ1) is 16.9. The minimum absolute atomic E-state index is 0.0690. The Balaban J connectivity index is 2.33. The molecule has 5 heteroatoms. The molecule has 1 aromatic carbocycles. The van der Waals surface area contributed by atoms with Crippen molar-refractivity contribution in [2.45, 2.75) is 32.6 Å². The SMILES string of the molecule is CC(Cc1ccccc1)CP(=O)(O)CCCCC(=O)O. The Kier molecular flexibility index (Phi) is 6.97. The molecule has 0 radical (unpaired) electrons. The summed E-state index contributed by atoms with van der Waals surface area (Å²) in [5.41, 5.74) is 1.17. The molecular weight excluding hydrogens is 275 g/mol. The van der Waals surface area contributed by atoms with E-state index in [9.17, 15) is 14.3 Å². The number of carbonyl (C=O) groups is 1. The summed E-state index contributed by atoms with van der Waals surface area (Å²) in [4.78, 5) is 20.3. The van der Waals surface area contributed by atoms with E-state index in [4.69, 9.17) is 5.11 Å². The van der Waals surface area contributed by atoms with Gasteiger partial charge >= 0.3 is 5.97 Å². The zero-order valence-electron chi connectivity index (χ0n) is 11.9. The van der Waals surface area contributed by atoms with Gasteiger partial charge in [0.1, 0.15) is 0 Å². The third-order valence-electron chi connectivity index (χ3n) is 3.17. The molecule has 2 atom stereocenters. The Bertz CT molecular complexity index is 458. The quantitative estimate of drug-likeness (QED) is 0.541. The monoisotopic (exact) mass is 298 g/mol. The van der Waals surface area contributed by atoms with Gasteiger partial charge in [-0.05, 0) is 30.7 Å². The highest BCUT2D eigenvalue weighted by molar-refractivity contribution is 7.57. The van der Waals surface area contributed by atoms with Crippen LogP contribution in [0.15, 0.2) is 30.3 Å². The fourth-order valence-corrected chi connectivity index (χ4v) is 4.30. The summed E-state index contributed by atoms with van der Waals surface area (Å²) < 4.78 is 12.1. The van der Waals surface area contributed by atoms with Crippen LogP contribution in [0.3, 0.4) is 0 Å². The molecule has 0 fully saturated rings. The maximum absolute atomic E-state index is 12.1. The number of aliphatic carboxylic acids is 1. The second-order valence-electron chi connectivity index (χ2n) is 5.40. The van der Waals surface area contributed by atoms with Gasteiger partial charge in [-0.2, -0.15) is 0 Å². The number of benzene rings is 1. The molecule has 0 saturated heterocycles. The van der Waals surface area contributed by atoms with E-state index in [2.05, 4.69) is 0 Å². The van der Waals surface area contributed by atoms with Gasteiger partial charge in [0.2, 0.25) is 7.37 Å². The standard InChI is InChI=1S/C15H23O4P/c1-13(11-14-7-3-2-4-8-14)12-20(18,19)10-6-5-9-15(16)17/h2-4,7-8,13H,5-6,9-12H2,1H3,(H,16,17)(H,18,19). The molecule has 2 unspecified atom stereocenters. The van der Waals surface area contributed by atoms with Gasteiger partial charge in [-0.1, -0.05) is 37.3 Å². The average Bonchev–Trinajstić information content (AvgIpc) is 2.35. The Hall–Kier alpha value is -1.12. The molecule has 1 aromatic rings. The second kappa shape index (κ2) is 8.23. The van der Waals surface area contributed by atoms with Gasteiger partial charge in [0.25, 0.3) is 0 Å². The van der Waals surface area contributed by atoms with Crippen LogP contribution in [0.1, 0.15) is 31.7 Å². The van der Waals surface area contributed by atoms with E-state index < -0.39 is 13.3 Å². The molecule has 0 aromatic heterocycles. The minimum atomic E-state index is -3.14. The van der Waals surface area contributed by atoms with Crippen LogP contribution in [0.4, 0.5) is 0 Å². The lowest BCUT2D eigenvalue weighted by Gasteiger charge is -2.17. The predicted molar refractivity (Wildman–Crippen MR) is 80.4 cm³/mol. The highest BCUT2D eigenvalue weighted by Gasteiger charge is 2.21. The zero-order chi connectivity index (χ0) is 15.0. The molecule has 4 nitrogen and oxygen atoms in total. The summed E-state index contributed by atoms with van der Waals surface area (Å²) in [7, 11) is -3.14. The molecule has 0 aliphatic rings. The smallest absolute Gasteiger partial charge is 0.303 e. The van der Waals surface area contributed by atoms with Gasteiger partial charge in [0.05, 0.1) is 0 Å². The molecule has 1 rings (SSSR count). The van der Waals surface area contributed by atoms with Crippen LogP contribution in [-0.2, 0) is 15.8 Å². The first-order valence-corrected chi connectivity index (χ1v) is 8.98. The Morgan fingerprint density at radius 3 is 2.50 bits per heavy atom. The fourth-order valence-electron chi connectivity index (χ4n) is 2.29. The van der Waals surface area contributed by atoms with E-state index >= 15 is 0 Å². The third-order valence-corrected chi connectivity index (χ3v) is 5.38. The summed E-state index contributed by atoms with van der Waals surface area (Å²) in [6, 6.07) is 9.92. The number of hydrogen-bond donors (Lipinski definition) is 2. The highest BCUT2D eigenvalue weighted by Crippen LogP contribution is 2.43. The van der Waals surface area contributed by atoms with Crippen LogP contribution in [0.25, 0.3) is 0 Å². The molecule has 0 aliphatic carbocycles. The molecule has 2 N–H and O–H groups in total. The summed E-state index contributed by atoms with van der Waals surface area (Å²) in [5.74, 6) is -0.706. The van der Waals surface area contributed by atoms with Crippen LogP contribution in [0.5, 0.6) is 0 Å². The molecule has 0 spiro atoms. The minimum Gasteiger partial charge on any atom is -0.481 e. The van der Waals surface area contributed by atoms with Crippen molar-refractivity contribution in [1.29, 1.82) is 0 Å². The van der Waals surface area contributed by atoms with Crippen molar-refractivity contribution in [2.75, 3.05) is 12.3 Å². The molecule has 112 valence electrons. The Morgan fingerprint density at radius 1 is 1.25 bits per heavy atom. The fraction of sp³-hybridized carbons (Fsp3) is 0.533. The normalized spacial score (nSPS) is 15.5. The molecule has 0 heterocycles. The van der Waals surface area contributed by atoms with E-state index in [0.717, 1.165) is 6.42 Å². The summed E-state index contributed by atoms with van der Waals surface area (Å²) in [6.45, 7) is 1.98. The zero-order valence-corrected chi connectivity index (χ0v) is 12.8. The lowest BCUT2D eigenvalue weighted by atomic mass is 10.0. The van der Waals surface area contributed by atoms with Crippen LogP contribution < -0.4 is 0 Å². The topological polar surface area (TPSA) is 74.6 Å². The van der Waals surface area contributed by atoms with Crippen molar-refractivity contribution >= 4 is 13.3 Å². The lowest BCUT2D eigenvalue weighted by Crippen LogP contribution is -2.08. The van der Waals surface area contributed by atoms with Crippen LogP contribution in [-0.4, -0.2) is 28.3 Å². The highest BCUT2D eigenvalue weighted by atomic mass is 31.2. The van der Waals surface area contributed by atoms with Crippen LogP contribution in [0.2, 0.25) is 0 Å². The van der Waals surface area contributed by atoms with E-state index in [1.54, 1.807) is 0 Å². The molecule has 0 aliphatic heterocycles. The van der Waals surface area contributed by atoms with Gasteiger partial charge in [-0.3, -0.25) is 9.36 Å². The van der Waals surface area contributed by atoms with Crippen molar-refractivity contribution in [2.24, 2.45) is 5.92 Å². The van der Waals surface area contributed by atoms with Crippen LogP contribution in [0, 0.1) is 5.92 Å². The van der Waals surface area contributed by atoms with Crippen molar-refractivity contribution < 1.29 is 19.4 Å². The largest absolute Gasteiger partial charge is 0.481 e. The van der Waals surface area contributed by atoms with E-state index in [1.807, 2.05) is 37.3 Å². The van der Waals surface area contributed by atoms with Crippen molar-refractivity contribution in [3.63, 3.8) is 0 Å². The lowest BCUT2D eigenvalue weighted by molar-refractivity contribution is -0.137. The van der Waals surface area contributed by atoms with Crippen molar-refractivity contribution in [3.8, 4) is 0 Å². The van der Waals surface area contributed by atoms with Crippen molar-refractivity contribution in [3.05, 3.63) is 35.9 Å². The van der Waals surface area contributed by atoms with Gasteiger partial charge < -0.3 is 10.00 Å². The maximum Gasteiger partial charge on any atom is 0.303 e. The summed E-state index contributed by atoms with van der Waals surface area (Å²) >= 11 is 0. The molecule has 20 heavy (non-hydrogen) atoms. The number of carboxylic acids is 1. The number of unbranched alkanes of at least 4 members (excludes halogenated alkanes) is 1. The summed E-state index contributed by atoms with van der Waals surface area (Å²) in [6.07, 6.45) is 2.35. The van der Waals surface area contributed by atoms with Crippen LogP contribution >= 0.6 is 7.37 Å². The van der Waals surface area contributed by atoms with Gasteiger partial charge in [0.15, 0.2) is 0 Å². The van der Waals surface area contributed by atoms with E-state index in [1.165, 1.54) is 5.56 Å². The third kappa shape index (κ3) is 7.46. The summed E-state index contributed by atoms with van der Waals surface area (Å²) in [5, 5.41) is 8.52. The first-order valence-electron chi connectivity index (χ1n) is 6.95. The van der Waals surface area contributed by atoms with Gasteiger partial charge in [-0.15, -0.1) is 0 Å². The van der Waals surface area contributed by atoms with E-state index in [-0.39, 0.29) is 18.5 Å². The van der Waals surface area contributed by atoms with Gasteiger partial charge in [-0.25, -0.2) is 0 Å². The molecular formula is C15H23O4P. The van der Waals surface area contributed by atoms with Gasteiger partial charge in [0, 0.05) is 18.7 Å². The van der Waals surface area contributed by atoms with Crippen molar-refractivity contribution in [1.82, 2.24) is 0 Å². The Labute approximate surface area is 120 Å². The molecule has 0 saturated carbocycles. The Morgan fingerprint density at radius 2 is 1.90 bits per heavy atom. The second-order valence-corrected chi connectivity index (χ2v) is 7.90. The number of carboxylic acid groups (broad SMARTS) is 1. The first-order chi connectivity index (χ1) is 9.39. The number of hydrogen-bond acceptors (Lipinski definition) is 2.